The number of aromatic hydroxyl groups is 1. The lowest BCUT2D eigenvalue weighted by molar-refractivity contribution is -0.206. The number of aliphatic hydroxyl groups is 1. The second-order valence-corrected chi connectivity index (χ2v) is 3.06. The Kier molecular flexibility index (Phi) is 2.92. The van der Waals surface area contributed by atoms with Crippen LogP contribution in [0.15, 0.2) is 18.2 Å². The molecule has 14 heavy (non-hydrogen) atoms. The number of hydrogen-bond donors (Lipinski definition) is 2. The summed E-state index contributed by atoms with van der Waals surface area (Å²) in [6.07, 6.45) is -7.39. The molecule has 0 heterocycles. The lowest BCUT2D eigenvalue weighted by atomic mass is 10.1. The largest absolute Gasteiger partial charge is 0.508 e. The third-order valence-corrected chi connectivity index (χ3v) is 1.92. The Bertz CT molecular complexity index is 338. The Morgan fingerprint density at radius 2 is 1.86 bits per heavy atom. The second-order valence-electron chi connectivity index (χ2n) is 2.65. The van der Waals surface area contributed by atoms with Crippen LogP contribution in [0.1, 0.15) is 11.7 Å². The zero-order chi connectivity index (χ0) is 10.9. The van der Waals surface area contributed by atoms with Crippen molar-refractivity contribution in [3.63, 3.8) is 0 Å². The van der Waals surface area contributed by atoms with Crippen LogP contribution in [0.3, 0.4) is 0 Å². The van der Waals surface area contributed by atoms with Crippen LogP contribution in [0.25, 0.3) is 0 Å². The van der Waals surface area contributed by atoms with Gasteiger partial charge in [-0.05, 0) is 12.1 Å². The zero-order valence-corrected chi connectivity index (χ0v) is 7.47. The lowest BCUT2D eigenvalue weighted by Gasteiger charge is -2.15. The molecule has 0 saturated carbocycles. The molecule has 0 unspecified atom stereocenters. The number of benzene rings is 1. The highest BCUT2D eigenvalue weighted by Gasteiger charge is 2.40. The van der Waals surface area contributed by atoms with Crippen LogP contribution in [0.4, 0.5) is 13.2 Å². The smallest absolute Gasteiger partial charge is 0.418 e. The molecule has 0 aliphatic heterocycles. The maximum Gasteiger partial charge on any atom is 0.418 e. The Morgan fingerprint density at radius 1 is 1.29 bits per heavy atom. The number of hydrogen-bond acceptors (Lipinski definition) is 2. The molecule has 0 spiro atoms. The van der Waals surface area contributed by atoms with Gasteiger partial charge in [-0.2, -0.15) is 13.2 Å². The molecule has 0 aliphatic rings. The number of alkyl halides is 3. The topological polar surface area (TPSA) is 40.5 Å². The quantitative estimate of drug-likeness (QED) is 0.773. The van der Waals surface area contributed by atoms with Crippen molar-refractivity contribution in [2.24, 2.45) is 0 Å². The summed E-state index contributed by atoms with van der Waals surface area (Å²) in [5, 5.41) is 17.4. The molecule has 1 aromatic carbocycles. The molecule has 1 atom stereocenters. The van der Waals surface area contributed by atoms with E-state index >= 15 is 0 Å². The Morgan fingerprint density at radius 3 is 2.29 bits per heavy atom. The maximum atomic E-state index is 12.0. The highest BCUT2D eigenvalue weighted by Crippen LogP contribution is 2.36. The van der Waals surface area contributed by atoms with E-state index in [9.17, 15) is 13.2 Å². The number of aliphatic hydroxyl groups excluding tert-OH is 1. The summed E-state index contributed by atoms with van der Waals surface area (Å²) in [4.78, 5) is 0. The highest BCUT2D eigenvalue weighted by atomic mass is 35.5. The van der Waals surface area contributed by atoms with Gasteiger partial charge < -0.3 is 10.2 Å². The van der Waals surface area contributed by atoms with Crippen LogP contribution >= 0.6 is 11.6 Å². The van der Waals surface area contributed by atoms with E-state index in [2.05, 4.69) is 0 Å². The summed E-state index contributed by atoms with van der Waals surface area (Å²) in [7, 11) is 0. The van der Waals surface area contributed by atoms with E-state index in [1.165, 1.54) is 0 Å². The van der Waals surface area contributed by atoms with E-state index in [1.807, 2.05) is 0 Å². The van der Waals surface area contributed by atoms with Gasteiger partial charge in [0.25, 0.3) is 0 Å². The summed E-state index contributed by atoms with van der Waals surface area (Å²) >= 11 is 5.41. The van der Waals surface area contributed by atoms with Gasteiger partial charge in [0.05, 0.1) is 5.02 Å². The van der Waals surface area contributed by atoms with E-state index in [4.69, 9.17) is 21.8 Å². The van der Waals surface area contributed by atoms with Gasteiger partial charge in [-0.25, -0.2) is 0 Å². The monoisotopic (exact) mass is 226 g/mol. The third-order valence-electron chi connectivity index (χ3n) is 1.59. The van der Waals surface area contributed by atoms with Crippen molar-refractivity contribution in [3.8, 4) is 5.75 Å². The van der Waals surface area contributed by atoms with E-state index in [-0.39, 0.29) is 10.8 Å². The first-order valence-electron chi connectivity index (χ1n) is 3.55. The SMILES string of the molecule is Oc1ccc([C@@H](O)C(F)(F)F)c(Cl)c1. The van der Waals surface area contributed by atoms with Crippen LogP contribution < -0.4 is 0 Å². The Balaban J connectivity index is 3.08. The molecule has 0 saturated heterocycles. The molecule has 78 valence electrons. The van der Waals surface area contributed by atoms with Gasteiger partial charge in [0.1, 0.15) is 5.75 Å². The van der Waals surface area contributed by atoms with E-state index in [1.54, 1.807) is 0 Å². The molecule has 0 aliphatic carbocycles. The molecule has 2 N–H and O–H groups in total. The zero-order valence-electron chi connectivity index (χ0n) is 6.72. The standard InChI is InChI=1S/C8H6ClF3O2/c9-6-3-4(13)1-2-5(6)7(14)8(10,11)12/h1-3,7,13-14H/t7-/m1/s1. The normalized spacial score (nSPS) is 14.1. The molecule has 1 aromatic rings. The van der Waals surface area contributed by atoms with Gasteiger partial charge in [0.15, 0.2) is 6.10 Å². The average molecular weight is 227 g/mol. The van der Waals surface area contributed by atoms with Crippen LogP contribution in [-0.2, 0) is 0 Å². The van der Waals surface area contributed by atoms with Crippen molar-refractivity contribution in [2.45, 2.75) is 12.3 Å². The number of phenols is 1. The van der Waals surface area contributed by atoms with Gasteiger partial charge in [-0.1, -0.05) is 17.7 Å². The number of halogens is 4. The molecule has 0 bridgehead atoms. The van der Waals surface area contributed by atoms with Crippen molar-refractivity contribution in [3.05, 3.63) is 28.8 Å². The van der Waals surface area contributed by atoms with E-state index in [0.717, 1.165) is 18.2 Å². The average Bonchev–Trinajstić information content (AvgIpc) is 2.01. The summed E-state index contributed by atoms with van der Waals surface area (Å²) in [5.41, 5.74) is -0.475. The maximum absolute atomic E-state index is 12.0. The minimum atomic E-state index is -4.76. The van der Waals surface area contributed by atoms with Crippen LogP contribution in [-0.4, -0.2) is 16.4 Å². The lowest BCUT2D eigenvalue weighted by Crippen LogP contribution is -2.20. The summed E-state index contributed by atoms with van der Waals surface area (Å²) in [6.45, 7) is 0. The molecule has 0 aromatic heterocycles. The summed E-state index contributed by atoms with van der Waals surface area (Å²) in [5.74, 6) is -0.256. The van der Waals surface area contributed by atoms with Gasteiger partial charge in [-0.15, -0.1) is 0 Å². The number of phenolic OH excluding ortho intramolecular Hbond substituents is 1. The molecular formula is C8H6ClF3O2. The van der Waals surface area contributed by atoms with Crippen molar-refractivity contribution in [2.75, 3.05) is 0 Å². The van der Waals surface area contributed by atoms with Gasteiger partial charge in [0, 0.05) is 5.56 Å². The summed E-state index contributed by atoms with van der Waals surface area (Å²) < 4.78 is 36.1. The van der Waals surface area contributed by atoms with Gasteiger partial charge in [-0.3, -0.25) is 0 Å². The molecule has 0 amide bonds. The first-order chi connectivity index (χ1) is 6.32. The first kappa shape index (κ1) is 11.1. The Hall–Kier alpha value is -0.940. The fraction of sp³-hybridized carbons (Fsp3) is 0.250. The fourth-order valence-corrected chi connectivity index (χ4v) is 1.19. The molecule has 0 radical (unpaired) electrons. The van der Waals surface area contributed by atoms with Crippen LogP contribution in [0.2, 0.25) is 5.02 Å². The van der Waals surface area contributed by atoms with E-state index in [0.29, 0.717) is 0 Å². The molecule has 1 rings (SSSR count). The van der Waals surface area contributed by atoms with Gasteiger partial charge in [0.2, 0.25) is 0 Å². The first-order valence-corrected chi connectivity index (χ1v) is 3.93. The minimum Gasteiger partial charge on any atom is -0.508 e. The molecule has 2 nitrogen and oxygen atoms in total. The van der Waals surface area contributed by atoms with Crippen molar-refractivity contribution < 1.29 is 23.4 Å². The third kappa shape index (κ3) is 2.30. The molecule has 0 fully saturated rings. The van der Waals surface area contributed by atoms with Crippen LogP contribution in [0, 0.1) is 0 Å². The summed E-state index contributed by atoms with van der Waals surface area (Å²) in [6, 6.07) is 2.89. The predicted octanol–water partition coefficient (Wildman–Crippen LogP) is 2.64. The highest BCUT2D eigenvalue weighted by molar-refractivity contribution is 6.31. The predicted molar refractivity (Wildman–Crippen MR) is 44.1 cm³/mol. The molecular weight excluding hydrogens is 221 g/mol. The Labute approximate surface area is 82.5 Å². The number of rotatable bonds is 1. The minimum absolute atomic E-state index is 0.256. The van der Waals surface area contributed by atoms with Gasteiger partial charge >= 0.3 is 6.18 Å². The van der Waals surface area contributed by atoms with Crippen molar-refractivity contribution in [1.82, 2.24) is 0 Å². The fourth-order valence-electron chi connectivity index (χ4n) is 0.914. The van der Waals surface area contributed by atoms with Crippen LogP contribution in [0.5, 0.6) is 5.75 Å². The van der Waals surface area contributed by atoms with Crippen molar-refractivity contribution in [1.29, 1.82) is 0 Å². The van der Waals surface area contributed by atoms with Crippen molar-refractivity contribution >= 4 is 11.6 Å². The second kappa shape index (κ2) is 3.67. The molecule has 6 heteroatoms. The van der Waals surface area contributed by atoms with E-state index < -0.39 is 17.8 Å².